The van der Waals surface area contributed by atoms with E-state index in [4.69, 9.17) is 0 Å². The molecule has 1 aliphatic heterocycles. The summed E-state index contributed by atoms with van der Waals surface area (Å²) in [7, 11) is -3.64. The Morgan fingerprint density at radius 3 is 2.84 bits per heavy atom. The number of pyridine rings is 1. The molecule has 1 aromatic carbocycles. The van der Waals surface area contributed by atoms with Gasteiger partial charge in [0.2, 0.25) is 10.0 Å². The average Bonchev–Trinajstić information content (AvgIpc) is 3.11. The molecule has 1 fully saturated rings. The van der Waals surface area contributed by atoms with Crippen LogP contribution in [0, 0.1) is 18.3 Å². The lowest BCUT2D eigenvalue weighted by molar-refractivity contribution is 0.213. The van der Waals surface area contributed by atoms with Crippen molar-refractivity contribution < 1.29 is 13.5 Å². The van der Waals surface area contributed by atoms with Crippen LogP contribution < -0.4 is 0 Å². The monoisotopic (exact) mass is 357 g/mol. The maximum Gasteiger partial charge on any atom is 0.243 e. The molecule has 1 aliphatic rings. The average molecular weight is 357 g/mol. The summed E-state index contributed by atoms with van der Waals surface area (Å²) in [5.74, 6) is 0. The fraction of sp³-hybridized carbons (Fsp3) is 0.333. The van der Waals surface area contributed by atoms with Gasteiger partial charge in [0.15, 0.2) is 0 Å². The predicted molar refractivity (Wildman–Crippen MR) is 93.1 cm³/mol. The topological polar surface area (TPSA) is 94.3 Å². The normalized spacial score (nSPS) is 18.2. The van der Waals surface area contributed by atoms with Crippen LogP contribution in [0.2, 0.25) is 0 Å². The smallest absolute Gasteiger partial charge is 0.243 e. The van der Waals surface area contributed by atoms with Crippen molar-refractivity contribution in [3.63, 3.8) is 0 Å². The molecule has 2 aromatic rings. The zero-order chi connectivity index (χ0) is 18.0. The van der Waals surface area contributed by atoms with Gasteiger partial charge in [-0.2, -0.15) is 9.57 Å². The van der Waals surface area contributed by atoms with E-state index in [1.165, 1.54) is 4.31 Å². The first kappa shape index (κ1) is 17.5. The van der Waals surface area contributed by atoms with Gasteiger partial charge in [-0.1, -0.05) is 6.07 Å². The number of aromatic nitrogens is 1. The molecule has 1 unspecified atom stereocenters. The molecule has 0 saturated carbocycles. The first-order valence-corrected chi connectivity index (χ1v) is 9.52. The number of hydrogen-bond donors (Lipinski definition) is 1. The Balaban J connectivity index is 2.02. The minimum absolute atomic E-state index is 0.169. The summed E-state index contributed by atoms with van der Waals surface area (Å²) in [4.78, 5) is 4.26. The van der Waals surface area contributed by atoms with Gasteiger partial charge in [-0.25, -0.2) is 13.4 Å². The number of hydrogen-bond acceptors (Lipinski definition) is 5. The van der Waals surface area contributed by atoms with Crippen LogP contribution in [0.15, 0.2) is 41.4 Å². The summed E-state index contributed by atoms with van der Waals surface area (Å²) in [6.07, 6.45) is 2.98. The van der Waals surface area contributed by atoms with Gasteiger partial charge in [-0.05, 0) is 55.2 Å². The summed E-state index contributed by atoms with van der Waals surface area (Å²) >= 11 is 0. The molecule has 0 radical (unpaired) electrons. The Morgan fingerprint density at radius 2 is 2.16 bits per heavy atom. The van der Waals surface area contributed by atoms with Gasteiger partial charge in [0.1, 0.15) is 11.8 Å². The second-order valence-corrected chi connectivity index (χ2v) is 7.97. The van der Waals surface area contributed by atoms with Crippen molar-refractivity contribution in [3.8, 4) is 17.2 Å². The Bertz CT molecular complexity index is 935. The van der Waals surface area contributed by atoms with Crippen molar-refractivity contribution in [2.24, 2.45) is 0 Å². The molecular formula is C18H19N3O3S. The van der Waals surface area contributed by atoms with Crippen LogP contribution in [0.5, 0.6) is 0 Å². The van der Waals surface area contributed by atoms with Crippen LogP contribution in [0.25, 0.3) is 11.1 Å². The summed E-state index contributed by atoms with van der Waals surface area (Å²) in [5, 5.41) is 18.6. The van der Waals surface area contributed by atoms with Crippen molar-refractivity contribution in [1.82, 2.24) is 9.29 Å². The second-order valence-electron chi connectivity index (χ2n) is 6.08. The first-order chi connectivity index (χ1) is 12.0. The predicted octanol–water partition coefficient (Wildman–Crippen LogP) is 2.07. The molecule has 1 aromatic heterocycles. The van der Waals surface area contributed by atoms with E-state index < -0.39 is 10.0 Å². The molecule has 6 nitrogen and oxygen atoms in total. The van der Waals surface area contributed by atoms with Gasteiger partial charge in [0.25, 0.3) is 0 Å². The minimum atomic E-state index is -3.64. The van der Waals surface area contributed by atoms with E-state index in [-0.39, 0.29) is 17.5 Å². The molecule has 0 aliphatic carbocycles. The van der Waals surface area contributed by atoms with Gasteiger partial charge in [-0.15, -0.1) is 0 Å². The quantitative estimate of drug-likeness (QED) is 0.904. The van der Waals surface area contributed by atoms with Crippen molar-refractivity contribution in [2.75, 3.05) is 13.2 Å². The first-order valence-electron chi connectivity index (χ1n) is 8.08. The highest BCUT2D eigenvalue weighted by Crippen LogP contribution is 2.30. The van der Waals surface area contributed by atoms with Gasteiger partial charge in [0.05, 0.1) is 11.5 Å². The molecule has 0 spiro atoms. The lowest BCUT2D eigenvalue weighted by Gasteiger charge is -2.23. The number of aryl methyl sites for hydroxylation is 1. The number of aliphatic hydroxyl groups excluding tert-OH is 1. The highest BCUT2D eigenvalue weighted by Gasteiger charge is 2.35. The maximum absolute atomic E-state index is 12.9. The van der Waals surface area contributed by atoms with Crippen molar-refractivity contribution >= 4 is 10.0 Å². The molecule has 1 atom stereocenters. The lowest BCUT2D eigenvalue weighted by Crippen LogP contribution is -2.37. The van der Waals surface area contributed by atoms with Gasteiger partial charge < -0.3 is 5.11 Å². The third-order valence-corrected chi connectivity index (χ3v) is 6.49. The molecule has 1 N–H and O–H groups in total. The van der Waals surface area contributed by atoms with Crippen LogP contribution in [0.3, 0.4) is 0 Å². The third-order valence-electron chi connectivity index (χ3n) is 4.54. The minimum Gasteiger partial charge on any atom is -0.395 e. The number of nitriles is 1. The van der Waals surface area contributed by atoms with Crippen LogP contribution in [0.1, 0.15) is 24.1 Å². The third kappa shape index (κ3) is 3.16. The maximum atomic E-state index is 12.9. The highest BCUT2D eigenvalue weighted by atomic mass is 32.2. The van der Waals surface area contributed by atoms with E-state index in [0.29, 0.717) is 24.2 Å². The van der Waals surface area contributed by atoms with Crippen molar-refractivity contribution in [1.29, 1.82) is 5.26 Å². The molecule has 0 amide bonds. The van der Waals surface area contributed by atoms with Crippen molar-refractivity contribution in [2.45, 2.75) is 30.7 Å². The largest absolute Gasteiger partial charge is 0.395 e. The van der Waals surface area contributed by atoms with E-state index in [1.54, 1.807) is 36.5 Å². The zero-order valence-corrected chi connectivity index (χ0v) is 14.7. The molecule has 1 saturated heterocycles. The van der Waals surface area contributed by atoms with E-state index in [1.807, 2.05) is 6.92 Å². The summed E-state index contributed by atoms with van der Waals surface area (Å²) in [5.41, 5.74) is 2.52. The summed E-state index contributed by atoms with van der Waals surface area (Å²) in [6.45, 7) is 2.07. The number of sulfonamides is 1. The highest BCUT2D eigenvalue weighted by molar-refractivity contribution is 7.89. The molecule has 7 heteroatoms. The SMILES string of the molecule is Cc1cc(S(=O)(=O)N2CCCC2CO)ccc1-c1cccnc1C#N. The molecule has 3 rings (SSSR count). The molecular weight excluding hydrogens is 338 g/mol. The molecule has 130 valence electrons. The number of rotatable bonds is 4. The number of benzene rings is 1. The van der Waals surface area contributed by atoms with E-state index in [2.05, 4.69) is 11.1 Å². The molecule has 2 heterocycles. The van der Waals surface area contributed by atoms with E-state index in [9.17, 15) is 18.8 Å². The fourth-order valence-corrected chi connectivity index (χ4v) is 5.02. The standard InChI is InChI=1S/C18H19N3O3S/c1-13-10-15(25(23,24)21-9-3-4-14(21)12-22)6-7-16(13)17-5-2-8-20-18(17)11-19/h2,5-8,10,14,22H,3-4,9,12H2,1H3. The Labute approximate surface area is 147 Å². The van der Waals surface area contributed by atoms with Gasteiger partial charge >= 0.3 is 0 Å². The van der Waals surface area contributed by atoms with Crippen LogP contribution in [0.4, 0.5) is 0 Å². The summed E-state index contributed by atoms with van der Waals surface area (Å²) in [6, 6.07) is 10.1. The van der Waals surface area contributed by atoms with Gasteiger partial charge in [-0.3, -0.25) is 0 Å². The lowest BCUT2D eigenvalue weighted by atomic mass is 10.00. The fourth-order valence-electron chi connectivity index (χ4n) is 3.25. The van der Waals surface area contributed by atoms with E-state index in [0.717, 1.165) is 17.5 Å². The van der Waals surface area contributed by atoms with Crippen LogP contribution in [-0.2, 0) is 10.0 Å². The van der Waals surface area contributed by atoms with Crippen molar-refractivity contribution in [3.05, 3.63) is 47.8 Å². The second kappa shape index (κ2) is 6.92. The number of aliphatic hydroxyl groups is 1. The Morgan fingerprint density at radius 1 is 1.36 bits per heavy atom. The Kier molecular flexibility index (Phi) is 4.86. The van der Waals surface area contributed by atoms with Crippen LogP contribution >= 0.6 is 0 Å². The van der Waals surface area contributed by atoms with Crippen LogP contribution in [-0.4, -0.2) is 42.0 Å². The van der Waals surface area contributed by atoms with Gasteiger partial charge in [0, 0.05) is 24.3 Å². The number of nitrogens with zero attached hydrogens (tertiary/aromatic N) is 3. The molecule has 0 bridgehead atoms. The Hall–Kier alpha value is -2.27. The summed E-state index contributed by atoms with van der Waals surface area (Å²) < 4.78 is 27.1. The molecule has 25 heavy (non-hydrogen) atoms. The van der Waals surface area contributed by atoms with E-state index >= 15 is 0 Å². The zero-order valence-electron chi connectivity index (χ0n) is 13.9.